The van der Waals surface area contributed by atoms with Crippen LogP contribution in [0.25, 0.3) is 0 Å². The molecule has 3 aliphatic rings. The molecule has 21 heavy (non-hydrogen) atoms. The average molecular weight is 290 g/mol. The van der Waals surface area contributed by atoms with Gasteiger partial charge in [0.15, 0.2) is 5.78 Å². The Balaban J connectivity index is 1.91. The van der Waals surface area contributed by atoms with Crippen molar-refractivity contribution < 1.29 is 14.3 Å². The summed E-state index contributed by atoms with van der Waals surface area (Å²) in [7, 11) is 0. The summed E-state index contributed by atoms with van der Waals surface area (Å²) in [5, 5.41) is 4.41. The Morgan fingerprint density at radius 1 is 1.38 bits per heavy atom. The number of ether oxygens (including phenoxy) is 1. The van der Waals surface area contributed by atoms with Crippen LogP contribution in [0.5, 0.6) is 0 Å². The van der Waals surface area contributed by atoms with Crippen LogP contribution in [0.1, 0.15) is 32.6 Å². The summed E-state index contributed by atoms with van der Waals surface area (Å²) in [4.78, 5) is 24.7. The molecule has 1 atom stereocenters. The molecule has 0 N–H and O–H groups in total. The van der Waals surface area contributed by atoms with Gasteiger partial charge in [0, 0.05) is 18.7 Å². The number of esters is 1. The first-order valence-electron chi connectivity index (χ1n) is 7.85. The zero-order chi connectivity index (χ0) is 14.8. The number of carbonyl (C=O) groups excluding carboxylic acids is 2. The maximum atomic E-state index is 12.6. The summed E-state index contributed by atoms with van der Waals surface area (Å²) in [6, 6.07) is 0. The molecule has 0 bridgehead atoms. The van der Waals surface area contributed by atoms with Crippen LogP contribution in [0.4, 0.5) is 0 Å². The van der Waals surface area contributed by atoms with Crippen LogP contribution in [0.3, 0.4) is 0 Å². The molecule has 1 aliphatic carbocycles. The van der Waals surface area contributed by atoms with Crippen molar-refractivity contribution >= 4 is 11.8 Å². The Hall–Kier alpha value is -1.62. The van der Waals surface area contributed by atoms with Crippen LogP contribution in [0, 0.1) is 5.92 Å². The van der Waals surface area contributed by atoms with Gasteiger partial charge in [0.1, 0.15) is 5.92 Å². The third-order valence-electron chi connectivity index (χ3n) is 4.39. The third-order valence-corrected chi connectivity index (χ3v) is 4.39. The van der Waals surface area contributed by atoms with E-state index in [0.717, 1.165) is 37.2 Å². The molecule has 1 unspecified atom stereocenters. The van der Waals surface area contributed by atoms with Gasteiger partial charge in [0.25, 0.3) is 0 Å². The van der Waals surface area contributed by atoms with E-state index in [9.17, 15) is 9.59 Å². The van der Waals surface area contributed by atoms with E-state index >= 15 is 0 Å². The lowest BCUT2D eigenvalue weighted by Crippen LogP contribution is -2.50. The predicted octanol–water partition coefficient (Wildman–Crippen LogP) is 1.67. The second-order valence-electron chi connectivity index (χ2n) is 5.72. The minimum atomic E-state index is -0.671. The highest BCUT2D eigenvalue weighted by Gasteiger charge is 2.41. The van der Waals surface area contributed by atoms with Gasteiger partial charge in [0.2, 0.25) is 0 Å². The molecule has 3 rings (SSSR count). The Morgan fingerprint density at radius 3 is 2.86 bits per heavy atom. The zero-order valence-corrected chi connectivity index (χ0v) is 12.5. The number of hydrazine groups is 1. The maximum absolute atomic E-state index is 12.6. The van der Waals surface area contributed by atoms with Crippen molar-refractivity contribution in [3.05, 3.63) is 23.4 Å². The molecule has 5 heteroatoms. The van der Waals surface area contributed by atoms with E-state index < -0.39 is 5.92 Å². The van der Waals surface area contributed by atoms with E-state index in [-0.39, 0.29) is 11.8 Å². The SMILES string of the molecule is CCOC(=O)C1CN(N2CCCC2)C2=C(CCC=C2)C1=O. The van der Waals surface area contributed by atoms with Crippen molar-refractivity contribution in [3.8, 4) is 0 Å². The first-order chi connectivity index (χ1) is 10.2. The van der Waals surface area contributed by atoms with Crippen molar-refractivity contribution in [2.24, 2.45) is 5.92 Å². The van der Waals surface area contributed by atoms with Crippen LogP contribution in [-0.4, -0.2) is 48.0 Å². The number of Topliss-reactive ketones (excluding diaryl/α,β-unsaturated/α-hetero) is 1. The van der Waals surface area contributed by atoms with Crippen LogP contribution in [0.2, 0.25) is 0 Å². The molecular weight excluding hydrogens is 268 g/mol. The lowest BCUT2D eigenvalue weighted by atomic mass is 9.87. The topological polar surface area (TPSA) is 49.9 Å². The molecule has 0 aromatic rings. The van der Waals surface area contributed by atoms with Crippen LogP contribution in [0.15, 0.2) is 23.4 Å². The molecule has 0 radical (unpaired) electrons. The fourth-order valence-electron chi connectivity index (χ4n) is 3.34. The van der Waals surface area contributed by atoms with E-state index in [1.165, 1.54) is 12.8 Å². The minimum Gasteiger partial charge on any atom is -0.465 e. The van der Waals surface area contributed by atoms with E-state index in [2.05, 4.69) is 16.1 Å². The van der Waals surface area contributed by atoms with E-state index in [1.54, 1.807) is 6.92 Å². The van der Waals surface area contributed by atoms with Crippen molar-refractivity contribution in [1.82, 2.24) is 10.0 Å². The van der Waals surface area contributed by atoms with Crippen molar-refractivity contribution in [3.63, 3.8) is 0 Å². The highest BCUT2D eigenvalue weighted by Crippen LogP contribution is 2.33. The minimum absolute atomic E-state index is 0.0387. The van der Waals surface area contributed by atoms with Gasteiger partial charge in [-0.15, -0.1) is 0 Å². The molecule has 5 nitrogen and oxygen atoms in total. The Bertz CT molecular complexity index is 504. The van der Waals surface area contributed by atoms with Gasteiger partial charge in [-0.1, -0.05) is 6.08 Å². The van der Waals surface area contributed by atoms with Gasteiger partial charge in [0.05, 0.1) is 18.8 Å². The van der Waals surface area contributed by atoms with Crippen LogP contribution < -0.4 is 0 Å². The molecule has 2 aliphatic heterocycles. The quantitative estimate of drug-likeness (QED) is 0.584. The molecule has 0 amide bonds. The highest BCUT2D eigenvalue weighted by molar-refractivity contribution is 6.10. The smallest absolute Gasteiger partial charge is 0.318 e. The standard InChI is InChI=1S/C16H22N2O3/c1-2-21-16(20)13-11-18(17-9-5-6-10-17)14-8-4-3-7-12(14)15(13)19/h4,8,13H,2-3,5-7,9-11H2,1H3. The number of hydrogen-bond donors (Lipinski definition) is 0. The first-order valence-corrected chi connectivity index (χ1v) is 7.85. The average Bonchev–Trinajstić information content (AvgIpc) is 3.02. The molecule has 2 heterocycles. The van der Waals surface area contributed by atoms with Gasteiger partial charge >= 0.3 is 5.97 Å². The summed E-state index contributed by atoms with van der Waals surface area (Å²) in [5.74, 6) is -1.09. The second-order valence-corrected chi connectivity index (χ2v) is 5.72. The Labute approximate surface area is 125 Å². The van der Waals surface area contributed by atoms with E-state index in [4.69, 9.17) is 4.74 Å². The fraction of sp³-hybridized carbons (Fsp3) is 0.625. The van der Waals surface area contributed by atoms with Crippen molar-refractivity contribution in [1.29, 1.82) is 0 Å². The second kappa shape index (κ2) is 6.02. The fourth-order valence-corrected chi connectivity index (χ4v) is 3.34. The third kappa shape index (κ3) is 2.62. The maximum Gasteiger partial charge on any atom is 0.318 e. The largest absolute Gasteiger partial charge is 0.465 e. The van der Waals surface area contributed by atoms with Crippen molar-refractivity contribution in [2.75, 3.05) is 26.2 Å². The number of carbonyl (C=O) groups is 2. The number of hydrogen-bond acceptors (Lipinski definition) is 5. The lowest BCUT2D eigenvalue weighted by Gasteiger charge is -2.41. The van der Waals surface area contributed by atoms with Gasteiger partial charge in [-0.25, -0.2) is 5.01 Å². The zero-order valence-electron chi connectivity index (χ0n) is 12.5. The van der Waals surface area contributed by atoms with Gasteiger partial charge in [-0.2, -0.15) is 0 Å². The summed E-state index contributed by atoms with van der Waals surface area (Å²) in [6.07, 6.45) is 8.08. The number of rotatable bonds is 3. The Morgan fingerprint density at radius 2 is 2.14 bits per heavy atom. The molecule has 0 spiro atoms. The molecule has 0 aromatic heterocycles. The normalized spacial score (nSPS) is 26.2. The van der Waals surface area contributed by atoms with Crippen LogP contribution in [-0.2, 0) is 14.3 Å². The number of ketones is 1. The van der Waals surface area contributed by atoms with Gasteiger partial charge < -0.3 is 9.75 Å². The Kier molecular flexibility index (Phi) is 4.10. The molecule has 0 saturated carbocycles. The van der Waals surface area contributed by atoms with Gasteiger partial charge in [-0.3, -0.25) is 9.59 Å². The summed E-state index contributed by atoms with van der Waals surface area (Å²) >= 11 is 0. The molecule has 1 saturated heterocycles. The molecular formula is C16H22N2O3. The summed E-state index contributed by atoms with van der Waals surface area (Å²) in [5.41, 5.74) is 1.79. The lowest BCUT2D eigenvalue weighted by molar-refractivity contribution is -0.154. The summed E-state index contributed by atoms with van der Waals surface area (Å²) < 4.78 is 5.10. The van der Waals surface area contributed by atoms with Crippen LogP contribution >= 0.6 is 0 Å². The molecule has 1 fully saturated rings. The molecule has 114 valence electrons. The van der Waals surface area contributed by atoms with Crippen molar-refractivity contribution in [2.45, 2.75) is 32.6 Å². The monoisotopic (exact) mass is 290 g/mol. The highest BCUT2D eigenvalue weighted by atomic mass is 16.5. The van der Waals surface area contributed by atoms with E-state index in [0.29, 0.717) is 13.2 Å². The molecule has 0 aromatic carbocycles. The first kappa shape index (κ1) is 14.3. The summed E-state index contributed by atoms with van der Waals surface area (Å²) in [6.45, 7) is 4.50. The number of nitrogens with zero attached hydrogens (tertiary/aromatic N) is 2. The predicted molar refractivity (Wildman–Crippen MR) is 78.0 cm³/mol. The van der Waals surface area contributed by atoms with E-state index in [1.807, 2.05) is 6.08 Å². The van der Waals surface area contributed by atoms with Gasteiger partial charge in [-0.05, 0) is 38.7 Å². The number of allylic oxidation sites excluding steroid dienone is 3.